The van der Waals surface area contributed by atoms with Gasteiger partial charge in [-0.1, -0.05) is 0 Å². The molecule has 0 aliphatic carbocycles. The van der Waals surface area contributed by atoms with Gasteiger partial charge < -0.3 is 15.3 Å². The molecule has 2 rings (SSSR count). The van der Waals surface area contributed by atoms with E-state index in [1.54, 1.807) is 12.4 Å². The molecule has 4 heteroatoms. The number of aromatic nitrogens is 1. The Morgan fingerprint density at radius 3 is 3.00 bits per heavy atom. The first-order valence-corrected chi connectivity index (χ1v) is 4.90. The summed E-state index contributed by atoms with van der Waals surface area (Å²) in [5.41, 5.74) is 1.13. The molecule has 1 fully saturated rings. The molecular weight excluding hydrogens is 178 g/mol. The van der Waals surface area contributed by atoms with Crippen molar-refractivity contribution < 1.29 is 5.11 Å². The maximum atomic E-state index is 9.60. The highest BCUT2D eigenvalue weighted by Gasteiger charge is 2.15. The summed E-state index contributed by atoms with van der Waals surface area (Å²) >= 11 is 0. The molecule has 4 nitrogen and oxygen atoms in total. The Morgan fingerprint density at radius 2 is 2.21 bits per heavy atom. The van der Waals surface area contributed by atoms with E-state index in [1.165, 1.54) is 0 Å². The molecule has 14 heavy (non-hydrogen) atoms. The number of β-amino-alcohol motifs (C(OH)–C–C–N with tert-alkyl or cyclic N) is 1. The van der Waals surface area contributed by atoms with E-state index in [9.17, 15) is 5.11 Å². The van der Waals surface area contributed by atoms with E-state index >= 15 is 0 Å². The number of rotatable bonds is 1. The molecule has 0 aromatic carbocycles. The maximum Gasteiger partial charge on any atom is 0.0839 e. The topological polar surface area (TPSA) is 48.4 Å². The second-order valence-electron chi connectivity index (χ2n) is 3.51. The van der Waals surface area contributed by atoms with E-state index in [-0.39, 0.29) is 6.10 Å². The molecule has 1 aromatic rings. The molecule has 0 saturated carbocycles. The number of aliphatic hydroxyl groups excluding tert-OH is 1. The second-order valence-corrected chi connectivity index (χ2v) is 3.51. The maximum absolute atomic E-state index is 9.60. The van der Waals surface area contributed by atoms with E-state index in [2.05, 4.69) is 15.2 Å². The first kappa shape index (κ1) is 9.43. The largest absolute Gasteiger partial charge is 0.390 e. The summed E-state index contributed by atoms with van der Waals surface area (Å²) in [7, 11) is 0. The summed E-state index contributed by atoms with van der Waals surface area (Å²) in [6, 6.07) is 3.94. The lowest BCUT2D eigenvalue weighted by atomic mass is 10.3. The zero-order valence-corrected chi connectivity index (χ0v) is 8.06. The van der Waals surface area contributed by atoms with Gasteiger partial charge in [-0.15, -0.1) is 0 Å². The normalized spacial score (nSPS) is 23.2. The van der Waals surface area contributed by atoms with Gasteiger partial charge in [0.2, 0.25) is 0 Å². The summed E-state index contributed by atoms with van der Waals surface area (Å²) < 4.78 is 0. The van der Waals surface area contributed by atoms with Crippen LogP contribution in [0.5, 0.6) is 0 Å². The highest BCUT2D eigenvalue weighted by atomic mass is 16.3. The summed E-state index contributed by atoms with van der Waals surface area (Å²) in [5, 5.41) is 12.8. The van der Waals surface area contributed by atoms with Crippen molar-refractivity contribution in [3.63, 3.8) is 0 Å². The van der Waals surface area contributed by atoms with Gasteiger partial charge in [-0.25, -0.2) is 0 Å². The zero-order valence-electron chi connectivity index (χ0n) is 8.06. The Hall–Kier alpha value is -1.13. The van der Waals surface area contributed by atoms with E-state index in [1.807, 2.05) is 12.1 Å². The molecule has 1 aromatic heterocycles. The first-order chi connectivity index (χ1) is 6.86. The third-order valence-electron chi connectivity index (χ3n) is 2.40. The molecule has 1 atom stereocenters. The molecular formula is C10H15N3O. The number of nitrogens with zero attached hydrogens (tertiary/aromatic N) is 2. The number of aliphatic hydroxyl groups is 1. The summed E-state index contributed by atoms with van der Waals surface area (Å²) in [6.45, 7) is 3.22. The van der Waals surface area contributed by atoms with Crippen molar-refractivity contribution in [2.24, 2.45) is 0 Å². The monoisotopic (exact) mass is 193 g/mol. The van der Waals surface area contributed by atoms with E-state index in [0.29, 0.717) is 13.1 Å². The lowest BCUT2D eigenvalue weighted by molar-refractivity contribution is 0.185. The van der Waals surface area contributed by atoms with Gasteiger partial charge in [-0.2, -0.15) is 0 Å². The lowest BCUT2D eigenvalue weighted by Gasteiger charge is -2.23. The molecule has 1 aliphatic heterocycles. The standard InChI is InChI=1S/C10H15N3O/c14-10-7-12-5-6-13(8-10)9-1-3-11-4-2-9/h1-4,10,12,14H,5-8H2. The number of hydrogen-bond acceptors (Lipinski definition) is 4. The van der Waals surface area contributed by atoms with Crippen LogP contribution < -0.4 is 10.2 Å². The molecule has 1 unspecified atom stereocenters. The van der Waals surface area contributed by atoms with Gasteiger partial charge in [0.05, 0.1) is 6.10 Å². The highest BCUT2D eigenvalue weighted by molar-refractivity contribution is 5.44. The Balaban J connectivity index is 2.09. The van der Waals surface area contributed by atoms with E-state index in [4.69, 9.17) is 0 Å². The number of hydrogen-bond donors (Lipinski definition) is 2. The molecule has 0 spiro atoms. The molecule has 2 heterocycles. The fourth-order valence-corrected chi connectivity index (χ4v) is 1.68. The highest BCUT2D eigenvalue weighted by Crippen LogP contribution is 2.12. The van der Waals surface area contributed by atoms with Crippen LogP contribution in [0.1, 0.15) is 0 Å². The minimum absolute atomic E-state index is 0.286. The van der Waals surface area contributed by atoms with Crippen LogP contribution in [0, 0.1) is 0 Å². The molecule has 0 amide bonds. The predicted octanol–water partition coefficient (Wildman–Crippen LogP) is -0.148. The van der Waals surface area contributed by atoms with Crippen LogP contribution in [-0.2, 0) is 0 Å². The van der Waals surface area contributed by atoms with Crippen LogP contribution in [0.3, 0.4) is 0 Å². The predicted molar refractivity (Wildman–Crippen MR) is 55.3 cm³/mol. The summed E-state index contributed by atoms with van der Waals surface area (Å²) in [4.78, 5) is 6.15. The van der Waals surface area contributed by atoms with Gasteiger partial charge in [0.25, 0.3) is 0 Å². The van der Waals surface area contributed by atoms with Crippen LogP contribution in [-0.4, -0.2) is 42.4 Å². The van der Waals surface area contributed by atoms with Crippen LogP contribution in [0.15, 0.2) is 24.5 Å². The van der Waals surface area contributed by atoms with Crippen molar-refractivity contribution in [1.82, 2.24) is 10.3 Å². The van der Waals surface area contributed by atoms with Gasteiger partial charge in [-0.3, -0.25) is 4.98 Å². The average molecular weight is 193 g/mol. The van der Waals surface area contributed by atoms with Crippen LogP contribution in [0.2, 0.25) is 0 Å². The number of anilines is 1. The summed E-state index contributed by atoms with van der Waals surface area (Å²) in [5.74, 6) is 0. The van der Waals surface area contributed by atoms with Crippen molar-refractivity contribution in [2.75, 3.05) is 31.1 Å². The fraction of sp³-hybridized carbons (Fsp3) is 0.500. The minimum Gasteiger partial charge on any atom is -0.390 e. The fourth-order valence-electron chi connectivity index (χ4n) is 1.68. The zero-order chi connectivity index (χ0) is 9.80. The van der Waals surface area contributed by atoms with Gasteiger partial charge in [0.1, 0.15) is 0 Å². The van der Waals surface area contributed by atoms with E-state index in [0.717, 1.165) is 18.8 Å². The molecule has 76 valence electrons. The van der Waals surface area contributed by atoms with Crippen LogP contribution in [0.25, 0.3) is 0 Å². The van der Waals surface area contributed by atoms with Gasteiger partial charge >= 0.3 is 0 Å². The second kappa shape index (κ2) is 4.39. The summed E-state index contributed by atoms with van der Waals surface area (Å²) in [6.07, 6.45) is 3.27. The van der Waals surface area contributed by atoms with Crippen LogP contribution in [0.4, 0.5) is 5.69 Å². The van der Waals surface area contributed by atoms with Crippen molar-refractivity contribution in [3.8, 4) is 0 Å². The molecule has 0 bridgehead atoms. The number of nitrogens with one attached hydrogen (secondary N) is 1. The smallest absolute Gasteiger partial charge is 0.0839 e. The third-order valence-corrected chi connectivity index (χ3v) is 2.40. The lowest BCUT2D eigenvalue weighted by Crippen LogP contribution is -2.32. The van der Waals surface area contributed by atoms with Gasteiger partial charge in [-0.05, 0) is 12.1 Å². The first-order valence-electron chi connectivity index (χ1n) is 4.90. The molecule has 0 radical (unpaired) electrons. The Bertz CT molecular complexity index is 278. The molecule has 1 aliphatic rings. The average Bonchev–Trinajstić information content (AvgIpc) is 2.44. The van der Waals surface area contributed by atoms with Gasteiger partial charge in [0.15, 0.2) is 0 Å². The Labute approximate surface area is 83.6 Å². The SMILES string of the molecule is OC1CNCCN(c2ccncc2)C1. The molecule has 2 N–H and O–H groups in total. The number of pyridine rings is 1. The van der Waals surface area contributed by atoms with Crippen molar-refractivity contribution >= 4 is 5.69 Å². The quantitative estimate of drug-likeness (QED) is 0.651. The van der Waals surface area contributed by atoms with Gasteiger partial charge in [0, 0.05) is 44.3 Å². The van der Waals surface area contributed by atoms with E-state index < -0.39 is 0 Å². The third kappa shape index (κ3) is 2.21. The van der Waals surface area contributed by atoms with Crippen LogP contribution >= 0.6 is 0 Å². The van der Waals surface area contributed by atoms with Crippen molar-refractivity contribution in [3.05, 3.63) is 24.5 Å². The van der Waals surface area contributed by atoms with Crippen molar-refractivity contribution in [2.45, 2.75) is 6.10 Å². The Morgan fingerprint density at radius 1 is 1.43 bits per heavy atom. The minimum atomic E-state index is -0.286. The Kier molecular flexibility index (Phi) is 2.96. The van der Waals surface area contributed by atoms with Crippen molar-refractivity contribution in [1.29, 1.82) is 0 Å². The molecule has 1 saturated heterocycles.